The number of hydrogen-bond acceptors (Lipinski definition) is 6. The molecule has 1 saturated heterocycles. The summed E-state index contributed by atoms with van der Waals surface area (Å²) in [5.74, 6) is -0.829. The van der Waals surface area contributed by atoms with E-state index in [0.717, 1.165) is 23.9 Å². The van der Waals surface area contributed by atoms with Crippen LogP contribution in [0.15, 0.2) is 12.1 Å². The Balaban J connectivity index is 2.21. The molecule has 1 aliphatic rings. The third kappa shape index (κ3) is 3.35. The molecule has 0 aliphatic carbocycles. The van der Waals surface area contributed by atoms with Gasteiger partial charge in [-0.1, -0.05) is 11.8 Å². The van der Waals surface area contributed by atoms with Crippen LogP contribution in [0.2, 0.25) is 0 Å². The number of carbonyl (C=O) groups excluding carboxylic acids is 2. The van der Waals surface area contributed by atoms with Gasteiger partial charge < -0.3 is 10.6 Å². The average molecular weight is 327 g/mol. The lowest BCUT2D eigenvalue weighted by Crippen LogP contribution is -2.26. The molecule has 1 fully saturated rings. The number of amides is 1. The molecule has 0 spiro atoms. The quantitative estimate of drug-likeness (QED) is 0.514. The second-order valence-electron chi connectivity index (χ2n) is 5.00. The Hall–Kier alpha value is -2.16. The van der Waals surface area contributed by atoms with Gasteiger partial charge in [-0.25, -0.2) is 0 Å². The summed E-state index contributed by atoms with van der Waals surface area (Å²) in [6, 6.07) is 1.82. The van der Waals surface area contributed by atoms with Crippen LogP contribution in [0.3, 0.4) is 0 Å². The van der Waals surface area contributed by atoms with Crippen molar-refractivity contribution < 1.29 is 18.9 Å². The summed E-state index contributed by atoms with van der Waals surface area (Å²) in [5.41, 5.74) is 5.09. The number of nitrogens with zero attached hydrogens (tertiary/aromatic N) is 2. The Kier molecular flexibility index (Phi) is 4.65. The smallest absolute Gasteiger partial charge is 0.306 e. The van der Waals surface area contributed by atoms with Crippen LogP contribution >= 0.6 is 11.8 Å². The highest BCUT2D eigenvalue weighted by molar-refractivity contribution is 8.13. The molecule has 1 heterocycles. The number of rotatable bonds is 4. The lowest BCUT2D eigenvalue weighted by atomic mass is 10.1. The van der Waals surface area contributed by atoms with E-state index in [4.69, 9.17) is 5.73 Å². The van der Waals surface area contributed by atoms with E-state index in [1.165, 1.54) is 11.8 Å². The van der Waals surface area contributed by atoms with Crippen LogP contribution in [0, 0.1) is 21.8 Å². The standard InChI is InChI=1S/C13H14FN3O4S/c1-7(18)22-6-8-2-13(19)16(5-8)12-3-9(14)11(17(20)21)4-10(12)15/h3-4,8H,2,5-6,15H2,1H3. The number of halogens is 1. The minimum Gasteiger partial charge on any atom is -0.397 e. The Morgan fingerprint density at radius 3 is 2.86 bits per heavy atom. The van der Waals surface area contributed by atoms with Gasteiger partial charge in [-0.05, 0) is 5.92 Å². The molecule has 1 aromatic carbocycles. The molecule has 118 valence electrons. The molecular formula is C13H14FN3O4S. The van der Waals surface area contributed by atoms with Gasteiger partial charge in [0.2, 0.25) is 11.7 Å². The summed E-state index contributed by atoms with van der Waals surface area (Å²) in [5, 5.41) is 10.6. The Bertz CT molecular complexity index is 652. The summed E-state index contributed by atoms with van der Waals surface area (Å²) in [7, 11) is 0. The molecule has 9 heteroatoms. The van der Waals surface area contributed by atoms with Crippen LogP contribution in [-0.2, 0) is 9.59 Å². The summed E-state index contributed by atoms with van der Waals surface area (Å²) < 4.78 is 13.7. The van der Waals surface area contributed by atoms with E-state index in [1.54, 1.807) is 0 Å². The number of thioether (sulfide) groups is 1. The minimum absolute atomic E-state index is 0.0266. The maximum Gasteiger partial charge on any atom is 0.306 e. The van der Waals surface area contributed by atoms with E-state index >= 15 is 0 Å². The van der Waals surface area contributed by atoms with Crippen molar-refractivity contribution in [3.8, 4) is 0 Å². The zero-order valence-corrected chi connectivity index (χ0v) is 12.6. The highest BCUT2D eigenvalue weighted by Gasteiger charge is 2.33. The van der Waals surface area contributed by atoms with Gasteiger partial charge in [0.05, 0.1) is 16.3 Å². The summed E-state index contributed by atoms with van der Waals surface area (Å²) in [4.78, 5) is 34.1. The van der Waals surface area contributed by atoms with Crippen molar-refractivity contribution >= 4 is 39.8 Å². The molecule has 1 aromatic rings. The summed E-state index contributed by atoms with van der Waals surface area (Å²) in [6.45, 7) is 1.75. The van der Waals surface area contributed by atoms with E-state index in [9.17, 15) is 24.1 Å². The number of benzene rings is 1. The van der Waals surface area contributed by atoms with Crippen molar-refractivity contribution in [3.05, 3.63) is 28.1 Å². The molecule has 1 aliphatic heterocycles. The van der Waals surface area contributed by atoms with Crippen molar-refractivity contribution in [1.29, 1.82) is 0 Å². The highest BCUT2D eigenvalue weighted by atomic mass is 32.2. The third-order valence-electron chi connectivity index (χ3n) is 3.31. The van der Waals surface area contributed by atoms with Crippen LogP contribution in [0.5, 0.6) is 0 Å². The first-order valence-electron chi connectivity index (χ1n) is 6.46. The van der Waals surface area contributed by atoms with E-state index in [0.29, 0.717) is 12.3 Å². The molecule has 1 amide bonds. The molecule has 2 N–H and O–H groups in total. The predicted molar refractivity (Wildman–Crippen MR) is 81.1 cm³/mol. The lowest BCUT2D eigenvalue weighted by Gasteiger charge is -2.18. The predicted octanol–water partition coefficient (Wildman–Crippen LogP) is 1.95. The van der Waals surface area contributed by atoms with Gasteiger partial charge >= 0.3 is 5.69 Å². The second-order valence-corrected chi connectivity index (χ2v) is 6.19. The molecule has 0 radical (unpaired) electrons. The number of carbonyl (C=O) groups is 2. The number of nitro groups is 1. The van der Waals surface area contributed by atoms with Gasteiger partial charge in [0.1, 0.15) is 0 Å². The number of anilines is 2. The molecule has 0 saturated carbocycles. The largest absolute Gasteiger partial charge is 0.397 e. The van der Waals surface area contributed by atoms with Gasteiger partial charge in [0.15, 0.2) is 5.12 Å². The van der Waals surface area contributed by atoms with Gasteiger partial charge in [-0.2, -0.15) is 4.39 Å². The number of nitrogen functional groups attached to an aromatic ring is 1. The molecule has 1 unspecified atom stereocenters. The van der Waals surface area contributed by atoms with Crippen LogP contribution < -0.4 is 10.6 Å². The monoisotopic (exact) mass is 327 g/mol. The highest BCUT2D eigenvalue weighted by Crippen LogP contribution is 2.34. The first kappa shape index (κ1) is 16.2. The molecular weight excluding hydrogens is 313 g/mol. The molecule has 7 nitrogen and oxygen atoms in total. The zero-order valence-electron chi connectivity index (χ0n) is 11.7. The van der Waals surface area contributed by atoms with E-state index in [1.807, 2.05) is 0 Å². The third-order valence-corrected chi connectivity index (χ3v) is 4.36. The fraction of sp³-hybridized carbons (Fsp3) is 0.385. The van der Waals surface area contributed by atoms with E-state index < -0.39 is 16.4 Å². The van der Waals surface area contributed by atoms with Crippen LogP contribution in [0.4, 0.5) is 21.5 Å². The molecule has 0 aromatic heterocycles. The van der Waals surface area contributed by atoms with E-state index in [-0.39, 0.29) is 34.7 Å². The zero-order chi connectivity index (χ0) is 16.4. The van der Waals surface area contributed by atoms with Crippen LogP contribution in [0.25, 0.3) is 0 Å². The first-order valence-corrected chi connectivity index (χ1v) is 7.45. The fourth-order valence-electron chi connectivity index (χ4n) is 2.30. The summed E-state index contributed by atoms with van der Waals surface area (Å²) >= 11 is 1.13. The normalized spacial score (nSPS) is 17.8. The molecule has 2 rings (SSSR count). The Morgan fingerprint density at radius 1 is 1.59 bits per heavy atom. The SMILES string of the molecule is CC(=O)SCC1CC(=O)N(c2cc(F)c([N+](=O)[O-])cc2N)C1. The minimum atomic E-state index is -1.04. The Morgan fingerprint density at radius 2 is 2.27 bits per heavy atom. The first-order chi connectivity index (χ1) is 10.3. The molecule has 0 bridgehead atoms. The van der Waals surface area contributed by atoms with Crippen molar-refractivity contribution in [1.82, 2.24) is 0 Å². The average Bonchev–Trinajstić information content (AvgIpc) is 2.79. The second kappa shape index (κ2) is 6.30. The Labute approximate surface area is 129 Å². The topological polar surface area (TPSA) is 107 Å². The van der Waals surface area contributed by atoms with Crippen LogP contribution in [-0.4, -0.2) is 28.2 Å². The van der Waals surface area contributed by atoms with Gasteiger partial charge in [0, 0.05) is 37.8 Å². The van der Waals surface area contributed by atoms with E-state index in [2.05, 4.69) is 0 Å². The van der Waals surface area contributed by atoms with Gasteiger partial charge in [-0.15, -0.1) is 0 Å². The van der Waals surface area contributed by atoms with Crippen molar-refractivity contribution in [3.63, 3.8) is 0 Å². The lowest BCUT2D eigenvalue weighted by molar-refractivity contribution is -0.387. The summed E-state index contributed by atoms with van der Waals surface area (Å²) in [6.07, 6.45) is 0.234. The van der Waals surface area contributed by atoms with Crippen LogP contribution in [0.1, 0.15) is 13.3 Å². The molecule has 22 heavy (non-hydrogen) atoms. The number of nitrogens with two attached hydrogens (primary N) is 1. The molecule has 1 atom stereocenters. The van der Waals surface area contributed by atoms with Gasteiger partial charge in [0.25, 0.3) is 0 Å². The van der Waals surface area contributed by atoms with Crippen molar-refractivity contribution in [2.75, 3.05) is 22.9 Å². The van der Waals surface area contributed by atoms with Crippen molar-refractivity contribution in [2.24, 2.45) is 5.92 Å². The maximum absolute atomic E-state index is 13.7. The van der Waals surface area contributed by atoms with Gasteiger partial charge in [-0.3, -0.25) is 19.7 Å². The van der Waals surface area contributed by atoms with Crippen molar-refractivity contribution in [2.45, 2.75) is 13.3 Å². The fourth-order valence-corrected chi connectivity index (χ4v) is 3.00. The number of hydrogen-bond donors (Lipinski definition) is 1. The maximum atomic E-state index is 13.7. The number of nitro benzene ring substituents is 1.